The Morgan fingerprint density at radius 1 is 1.27 bits per heavy atom. The van der Waals surface area contributed by atoms with Gasteiger partial charge in [-0.2, -0.15) is 0 Å². The van der Waals surface area contributed by atoms with E-state index in [0.717, 1.165) is 41.5 Å². The number of aliphatic hydroxyl groups excluding tert-OH is 1. The van der Waals surface area contributed by atoms with Crippen molar-refractivity contribution in [3.05, 3.63) is 53.8 Å². The molecule has 2 N–H and O–H groups in total. The summed E-state index contributed by atoms with van der Waals surface area (Å²) in [5, 5.41) is 13.7. The van der Waals surface area contributed by atoms with Crippen LogP contribution in [0.1, 0.15) is 45.4 Å². The number of anilines is 1. The van der Waals surface area contributed by atoms with Crippen molar-refractivity contribution in [1.82, 2.24) is 4.90 Å². The molecule has 7 nitrogen and oxygen atoms in total. The second kappa shape index (κ2) is 13.7. The first-order valence-electron chi connectivity index (χ1n) is 12.7. The molecule has 0 bridgehead atoms. The first-order valence-corrected chi connectivity index (χ1v) is 13.6. The Morgan fingerprint density at radius 3 is 2.76 bits per heavy atom. The van der Waals surface area contributed by atoms with Crippen LogP contribution in [0.2, 0.25) is 0 Å². The number of rotatable bonds is 12. The second-order valence-electron chi connectivity index (χ2n) is 9.96. The van der Waals surface area contributed by atoms with Crippen LogP contribution < -0.4 is 14.8 Å². The fraction of sp³-hybridized carbons (Fsp3) is 0.483. The molecule has 0 aromatic heterocycles. The summed E-state index contributed by atoms with van der Waals surface area (Å²) < 4.78 is 17.2. The van der Waals surface area contributed by atoms with Gasteiger partial charge in [-0.3, -0.25) is 9.89 Å². The fourth-order valence-electron chi connectivity index (χ4n) is 3.85. The molecule has 202 valence electrons. The Morgan fingerprint density at radius 2 is 2.08 bits per heavy atom. The lowest BCUT2D eigenvalue weighted by Crippen LogP contribution is -2.25. The molecule has 0 spiro atoms. The maximum Gasteiger partial charge on any atom is 0.163 e. The highest BCUT2D eigenvalue weighted by molar-refractivity contribution is 7.99. The minimum absolute atomic E-state index is 0.128. The zero-order valence-electron chi connectivity index (χ0n) is 22.9. The van der Waals surface area contributed by atoms with Gasteiger partial charge >= 0.3 is 0 Å². The number of aliphatic imine (C=N–C) groups is 1. The summed E-state index contributed by atoms with van der Waals surface area (Å²) in [6, 6.07) is 12.3. The van der Waals surface area contributed by atoms with Crippen molar-refractivity contribution in [2.45, 2.75) is 44.8 Å². The van der Waals surface area contributed by atoms with Crippen molar-refractivity contribution in [3.63, 3.8) is 0 Å². The van der Waals surface area contributed by atoms with Gasteiger partial charge in [0.1, 0.15) is 6.61 Å². The van der Waals surface area contributed by atoms with Crippen molar-refractivity contribution < 1.29 is 19.3 Å². The van der Waals surface area contributed by atoms with E-state index in [-0.39, 0.29) is 10.7 Å². The van der Waals surface area contributed by atoms with E-state index in [1.54, 1.807) is 25.1 Å². The van der Waals surface area contributed by atoms with E-state index in [4.69, 9.17) is 14.2 Å². The number of nitrogens with zero attached hydrogens (tertiary/aromatic N) is 2. The molecule has 8 heteroatoms. The molecule has 1 heterocycles. The van der Waals surface area contributed by atoms with Gasteiger partial charge in [0.25, 0.3) is 0 Å². The number of hydrogen-bond donors (Lipinski definition) is 2. The average Bonchev–Trinajstić information content (AvgIpc) is 3.37. The number of allylic oxidation sites excluding steroid dienone is 1. The van der Waals surface area contributed by atoms with Crippen molar-refractivity contribution >= 4 is 29.4 Å². The van der Waals surface area contributed by atoms with Crippen molar-refractivity contribution in [3.8, 4) is 11.5 Å². The molecule has 1 fully saturated rings. The predicted octanol–water partition coefficient (Wildman–Crippen LogP) is 6.84. The number of ether oxygens (including phenoxy) is 3. The molecule has 0 radical (unpaired) electrons. The van der Waals surface area contributed by atoms with Crippen LogP contribution in [-0.2, 0) is 4.74 Å². The quantitative estimate of drug-likeness (QED) is 0.178. The van der Waals surface area contributed by atoms with E-state index in [2.05, 4.69) is 34.3 Å². The van der Waals surface area contributed by atoms with E-state index in [1.807, 2.05) is 58.0 Å². The molecule has 1 unspecified atom stereocenters. The molecule has 0 saturated carbocycles. The number of aliphatic hydroxyl groups is 1. The van der Waals surface area contributed by atoms with Gasteiger partial charge in [0, 0.05) is 53.2 Å². The molecule has 3 rings (SSSR count). The first kappa shape index (κ1) is 28.9. The molecule has 37 heavy (non-hydrogen) atoms. The third-order valence-corrected chi connectivity index (χ3v) is 7.16. The van der Waals surface area contributed by atoms with Gasteiger partial charge in [-0.05, 0) is 49.8 Å². The van der Waals surface area contributed by atoms with E-state index in [9.17, 15) is 5.11 Å². The number of thioether (sulfide) groups is 1. The van der Waals surface area contributed by atoms with Crippen LogP contribution in [0, 0.1) is 5.41 Å². The summed E-state index contributed by atoms with van der Waals surface area (Å²) >= 11 is 1.76. The van der Waals surface area contributed by atoms with E-state index < -0.39 is 0 Å². The zero-order valence-corrected chi connectivity index (χ0v) is 23.7. The maximum atomic E-state index is 10.2. The minimum atomic E-state index is -0.252. The zero-order chi connectivity index (χ0) is 26.8. The molecule has 1 saturated heterocycles. The highest BCUT2D eigenvalue weighted by Crippen LogP contribution is 2.44. The fourth-order valence-corrected chi connectivity index (χ4v) is 4.92. The van der Waals surface area contributed by atoms with Crippen molar-refractivity contribution in [2.24, 2.45) is 10.4 Å². The maximum absolute atomic E-state index is 10.2. The van der Waals surface area contributed by atoms with Crippen LogP contribution in [0.25, 0.3) is 0 Å². The van der Waals surface area contributed by atoms with Gasteiger partial charge in [-0.1, -0.05) is 26.8 Å². The topological polar surface area (TPSA) is 75.6 Å². The highest BCUT2D eigenvalue weighted by Gasteiger charge is 2.19. The largest absolute Gasteiger partial charge is 0.512 e. The van der Waals surface area contributed by atoms with Crippen LogP contribution in [0.15, 0.2) is 58.1 Å². The Kier molecular flexibility index (Phi) is 10.7. The first-order chi connectivity index (χ1) is 17.7. The smallest absolute Gasteiger partial charge is 0.163 e. The Hall–Kier alpha value is -2.68. The molecular weight excluding hydrogens is 486 g/mol. The molecule has 0 amide bonds. The molecule has 1 aliphatic heterocycles. The molecule has 2 aromatic rings. The Labute approximate surface area is 225 Å². The summed E-state index contributed by atoms with van der Waals surface area (Å²) in [4.78, 5) is 8.00. The van der Waals surface area contributed by atoms with Crippen molar-refractivity contribution in [1.29, 1.82) is 0 Å². The second-order valence-corrected chi connectivity index (χ2v) is 11.4. The van der Waals surface area contributed by atoms with Crippen LogP contribution >= 0.6 is 11.8 Å². The van der Waals surface area contributed by atoms with E-state index >= 15 is 0 Å². The Balaban J connectivity index is 1.70. The van der Waals surface area contributed by atoms with Gasteiger partial charge in [0.15, 0.2) is 11.5 Å². The Bertz CT molecular complexity index is 1080. The summed E-state index contributed by atoms with van der Waals surface area (Å²) in [5.74, 6) is 1.78. The van der Waals surface area contributed by atoms with Crippen LogP contribution in [-0.4, -0.2) is 62.9 Å². The molecule has 1 atom stereocenters. The molecular formula is C29H41N3O4S. The molecule has 1 aliphatic rings. The van der Waals surface area contributed by atoms with E-state index in [1.165, 1.54) is 0 Å². The summed E-state index contributed by atoms with van der Waals surface area (Å²) in [6.07, 6.45) is 3.63. The molecule has 0 aliphatic carbocycles. The molecule has 2 aromatic carbocycles. The van der Waals surface area contributed by atoms with Crippen LogP contribution in [0.5, 0.6) is 11.5 Å². The predicted molar refractivity (Wildman–Crippen MR) is 154 cm³/mol. The van der Waals surface area contributed by atoms with Gasteiger partial charge in [-0.15, -0.1) is 11.8 Å². The normalized spacial score (nSPS) is 15.8. The monoisotopic (exact) mass is 527 g/mol. The minimum Gasteiger partial charge on any atom is -0.512 e. The van der Waals surface area contributed by atoms with Gasteiger partial charge in [0.2, 0.25) is 0 Å². The van der Waals surface area contributed by atoms with Gasteiger partial charge in [0.05, 0.1) is 31.9 Å². The average molecular weight is 528 g/mol. The number of hydrogen-bond acceptors (Lipinski definition) is 8. The van der Waals surface area contributed by atoms with E-state index in [0.29, 0.717) is 37.1 Å². The van der Waals surface area contributed by atoms with Gasteiger partial charge < -0.3 is 24.6 Å². The summed E-state index contributed by atoms with van der Waals surface area (Å²) in [6.45, 7) is 14.4. The summed E-state index contributed by atoms with van der Waals surface area (Å²) in [5.41, 5.74) is 2.71. The number of benzene rings is 2. The van der Waals surface area contributed by atoms with Crippen LogP contribution in [0.4, 0.5) is 11.4 Å². The standard InChI is InChI=1S/C29H41N3O4S/c1-7-30-25-19-27(36-16-14-32-13-15-35-20-32)26(34-6)18-24(25)21(2)37-23-10-8-9-22(17-23)31-12-11-28(33)29(3,4)5/h7-11,17-19,21,31,33H,12-16,20H2,1-6H3/b28-11-,30-7-. The summed E-state index contributed by atoms with van der Waals surface area (Å²) in [7, 11) is 1.67. The number of methoxy groups -OCH3 is 1. The SMILES string of the molecule is C/C=N\c1cc(OCCN2CCOC2)c(OC)cc1C(C)Sc1cccc(NC/C=C(\O)C(C)(C)C)c1. The van der Waals surface area contributed by atoms with Crippen LogP contribution in [0.3, 0.4) is 0 Å². The van der Waals surface area contributed by atoms with Gasteiger partial charge in [-0.25, -0.2) is 0 Å². The third-order valence-electron chi connectivity index (χ3n) is 6.03. The number of nitrogens with one attached hydrogen (secondary N) is 1. The lowest BCUT2D eigenvalue weighted by molar-refractivity contribution is 0.128. The highest BCUT2D eigenvalue weighted by atomic mass is 32.2. The lowest BCUT2D eigenvalue weighted by Gasteiger charge is -2.19. The lowest BCUT2D eigenvalue weighted by atomic mass is 9.94. The third kappa shape index (κ3) is 8.69. The van der Waals surface area contributed by atoms with Crippen molar-refractivity contribution in [2.75, 3.05) is 52.0 Å².